The van der Waals surface area contributed by atoms with E-state index in [1.54, 1.807) is 35.1 Å². The van der Waals surface area contributed by atoms with Crippen molar-refractivity contribution in [2.24, 2.45) is 7.05 Å². The van der Waals surface area contributed by atoms with Gasteiger partial charge in [0.15, 0.2) is 0 Å². The summed E-state index contributed by atoms with van der Waals surface area (Å²) in [5.41, 5.74) is 3.78. The highest BCUT2D eigenvalue weighted by Gasteiger charge is 2.20. The molecule has 0 unspecified atom stereocenters. The Hall–Kier alpha value is -3.35. The molecular weight excluding hydrogens is 354 g/mol. The van der Waals surface area contributed by atoms with Gasteiger partial charge in [0, 0.05) is 36.2 Å². The first-order valence-corrected chi connectivity index (χ1v) is 9.29. The summed E-state index contributed by atoms with van der Waals surface area (Å²) < 4.78 is 3.69. The fourth-order valence-corrected chi connectivity index (χ4v) is 3.18. The zero-order valence-electron chi connectivity index (χ0n) is 16.6. The molecular formula is C21H25N5O2. The van der Waals surface area contributed by atoms with Crippen molar-refractivity contribution in [1.82, 2.24) is 14.3 Å². The molecule has 0 aliphatic rings. The number of hydrogen-bond acceptors (Lipinski definition) is 3. The highest BCUT2D eigenvalue weighted by molar-refractivity contribution is 6.06. The number of aromatic nitrogens is 3. The van der Waals surface area contributed by atoms with Crippen molar-refractivity contribution >= 4 is 23.2 Å². The highest BCUT2D eigenvalue weighted by Crippen LogP contribution is 2.22. The van der Waals surface area contributed by atoms with Gasteiger partial charge in [0.25, 0.3) is 5.91 Å². The lowest BCUT2D eigenvalue weighted by molar-refractivity contribution is -0.116. The van der Waals surface area contributed by atoms with Gasteiger partial charge in [0.2, 0.25) is 5.91 Å². The van der Waals surface area contributed by atoms with E-state index >= 15 is 0 Å². The lowest BCUT2D eigenvalue weighted by Gasteiger charge is -2.13. The molecule has 7 nitrogen and oxygen atoms in total. The molecule has 2 amide bonds. The third kappa shape index (κ3) is 3.98. The van der Waals surface area contributed by atoms with Gasteiger partial charge in [-0.05, 0) is 50.6 Å². The number of benzene rings is 1. The maximum atomic E-state index is 12.9. The summed E-state index contributed by atoms with van der Waals surface area (Å²) in [7, 11) is 1.81. The number of carbonyl (C=O) groups excluding carboxylic acids is 2. The summed E-state index contributed by atoms with van der Waals surface area (Å²) in [6.07, 6.45) is 2.81. The molecule has 2 heterocycles. The molecule has 0 aliphatic heterocycles. The van der Waals surface area contributed by atoms with E-state index in [2.05, 4.69) is 15.7 Å². The number of nitrogens with zero attached hydrogens (tertiary/aromatic N) is 3. The van der Waals surface area contributed by atoms with E-state index in [4.69, 9.17) is 0 Å². The smallest absolute Gasteiger partial charge is 0.261 e. The van der Waals surface area contributed by atoms with Gasteiger partial charge in [-0.3, -0.25) is 14.3 Å². The van der Waals surface area contributed by atoms with E-state index in [0.717, 1.165) is 17.8 Å². The summed E-state index contributed by atoms with van der Waals surface area (Å²) in [5.74, 6) is 0.414. The topological polar surface area (TPSA) is 81.0 Å². The van der Waals surface area contributed by atoms with Crippen LogP contribution in [0.15, 0.2) is 42.6 Å². The molecule has 0 aliphatic carbocycles. The third-order valence-corrected chi connectivity index (χ3v) is 4.52. The van der Waals surface area contributed by atoms with Gasteiger partial charge in [0.1, 0.15) is 11.4 Å². The molecule has 0 atom stereocenters. The largest absolute Gasteiger partial charge is 0.326 e. The van der Waals surface area contributed by atoms with E-state index in [1.807, 2.05) is 44.5 Å². The van der Waals surface area contributed by atoms with Gasteiger partial charge in [-0.1, -0.05) is 13.0 Å². The number of carbonyl (C=O) groups is 2. The first-order chi connectivity index (χ1) is 13.4. The lowest BCUT2D eigenvalue weighted by atomic mass is 10.2. The Morgan fingerprint density at radius 3 is 2.32 bits per heavy atom. The van der Waals surface area contributed by atoms with Crippen LogP contribution < -0.4 is 10.6 Å². The fraction of sp³-hybridized carbons (Fsp3) is 0.286. The van der Waals surface area contributed by atoms with Crippen LogP contribution in [0, 0.1) is 13.8 Å². The molecule has 1 aromatic carbocycles. The molecule has 0 spiro atoms. The molecule has 0 bridgehead atoms. The molecule has 3 rings (SSSR count). The number of amides is 2. The lowest BCUT2D eigenvalue weighted by Crippen LogP contribution is -2.17. The first kappa shape index (κ1) is 19.4. The number of nitrogens with one attached hydrogen (secondary N) is 2. The van der Waals surface area contributed by atoms with Crippen LogP contribution in [0.25, 0.3) is 5.82 Å². The van der Waals surface area contributed by atoms with Crippen molar-refractivity contribution < 1.29 is 9.59 Å². The van der Waals surface area contributed by atoms with Crippen molar-refractivity contribution in [2.75, 3.05) is 10.6 Å². The fourth-order valence-electron chi connectivity index (χ4n) is 3.18. The van der Waals surface area contributed by atoms with Crippen LogP contribution in [-0.4, -0.2) is 26.2 Å². The summed E-state index contributed by atoms with van der Waals surface area (Å²) in [6.45, 7) is 5.93. The SMILES string of the molecule is CCCC(=O)Nc1cccc(NC(=O)c2cnn(C)c2-n2c(C)ccc2C)c1. The monoisotopic (exact) mass is 379 g/mol. The Morgan fingerprint density at radius 1 is 1.04 bits per heavy atom. The van der Waals surface area contributed by atoms with Gasteiger partial charge in [0.05, 0.1) is 6.20 Å². The van der Waals surface area contributed by atoms with Gasteiger partial charge in [-0.15, -0.1) is 0 Å². The molecule has 2 N–H and O–H groups in total. The van der Waals surface area contributed by atoms with Gasteiger partial charge in [-0.2, -0.15) is 5.10 Å². The Morgan fingerprint density at radius 2 is 1.68 bits per heavy atom. The normalized spacial score (nSPS) is 10.7. The van der Waals surface area contributed by atoms with E-state index in [-0.39, 0.29) is 11.8 Å². The number of hydrogen-bond donors (Lipinski definition) is 2. The van der Waals surface area contributed by atoms with Crippen LogP contribution in [0.4, 0.5) is 11.4 Å². The molecule has 0 saturated carbocycles. The third-order valence-electron chi connectivity index (χ3n) is 4.52. The highest BCUT2D eigenvalue weighted by atomic mass is 16.2. The summed E-state index contributed by atoms with van der Waals surface area (Å²) in [5, 5.41) is 10.0. The van der Waals surface area contributed by atoms with Gasteiger partial charge in [-0.25, -0.2) is 0 Å². The van der Waals surface area contributed by atoms with Crippen molar-refractivity contribution in [3.63, 3.8) is 0 Å². The Kier molecular flexibility index (Phi) is 5.63. The van der Waals surface area contributed by atoms with Gasteiger partial charge >= 0.3 is 0 Å². The number of aryl methyl sites for hydroxylation is 3. The molecule has 0 fully saturated rings. The summed E-state index contributed by atoms with van der Waals surface area (Å²) in [4.78, 5) is 24.7. The zero-order valence-corrected chi connectivity index (χ0v) is 16.6. The Balaban J connectivity index is 1.84. The van der Waals surface area contributed by atoms with E-state index < -0.39 is 0 Å². The van der Waals surface area contributed by atoms with Crippen LogP contribution in [0.3, 0.4) is 0 Å². The van der Waals surface area contributed by atoms with E-state index in [0.29, 0.717) is 29.2 Å². The van der Waals surface area contributed by atoms with Crippen molar-refractivity contribution in [1.29, 1.82) is 0 Å². The van der Waals surface area contributed by atoms with E-state index in [9.17, 15) is 9.59 Å². The predicted octanol–water partition coefficient (Wildman–Crippen LogP) is 3.82. The van der Waals surface area contributed by atoms with Crippen LogP contribution in [-0.2, 0) is 11.8 Å². The van der Waals surface area contributed by atoms with Crippen molar-refractivity contribution in [3.05, 3.63) is 59.5 Å². The van der Waals surface area contributed by atoms with Crippen LogP contribution in [0.1, 0.15) is 41.5 Å². The minimum Gasteiger partial charge on any atom is -0.326 e. The van der Waals surface area contributed by atoms with E-state index in [1.165, 1.54) is 0 Å². The molecule has 0 radical (unpaired) electrons. The minimum atomic E-state index is -0.257. The predicted molar refractivity (Wildman–Crippen MR) is 110 cm³/mol. The maximum Gasteiger partial charge on any atom is 0.261 e. The molecule has 2 aromatic heterocycles. The standard InChI is InChI=1S/C21H25N5O2/c1-5-7-19(27)23-16-8-6-9-17(12-16)24-20(28)18-13-22-25(4)21(18)26-14(2)10-11-15(26)3/h6,8-13H,5,7H2,1-4H3,(H,23,27)(H,24,28). The van der Waals surface area contributed by atoms with Crippen LogP contribution in [0.2, 0.25) is 0 Å². The molecule has 7 heteroatoms. The zero-order chi connectivity index (χ0) is 20.3. The Labute approximate surface area is 164 Å². The van der Waals surface area contributed by atoms with Crippen LogP contribution in [0.5, 0.6) is 0 Å². The second-order valence-corrected chi connectivity index (χ2v) is 6.79. The molecule has 28 heavy (non-hydrogen) atoms. The van der Waals surface area contributed by atoms with Gasteiger partial charge < -0.3 is 15.2 Å². The van der Waals surface area contributed by atoms with Crippen molar-refractivity contribution in [2.45, 2.75) is 33.6 Å². The molecule has 146 valence electrons. The quantitative estimate of drug-likeness (QED) is 0.683. The second-order valence-electron chi connectivity index (χ2n) is 6.79. The summed E-state index contributed by atoms with van der Waals surface area (Å²) >= 11 is 0. The summed E-state index contributed by atoms with van der Waals surface area (Å²) in [6, 6.07) is 11.1. The average molecular weight is 379 g/mol. The first-order valence-electron chi connectivity index (χ1n) is 9.29. The molecule has 0 saturated heterocycles. The maximum absolute atomic E-state index is 12.9. The molecule has 3 aromatic rings. The number of rotatable bonds is 6. The van der Waals surface area contributed by atoms with Crippen LogP contribution >= 0.6 is 0 Å². The second kappa shape index (κ2) is 8.12. The minimum absolute atomic E-state index is 0.0425. The number of anilines is 2. The van der Waals surface area contributed by atoms with Crippen molar-refractivity contribution in [3.8, 4) is 5.82 Å². The Bertz CT molecular complexity index is 996. The average Bonchev–Trinajstić information content (AvgIpc) is 3.17.